The molecule has 0 radical (unpaired) electrons. The van der Waals surface area contributed by atoms with Crippen LogP contribution in [0.4, 0.5) is 22.3 Å². The Hall–Kier alpha value is -0.690. The van der Waals surface area contributed by atoms with Crippen LogP contribution < -0.4 is 0 Å². The van der Waals surface area contributed by atoms with Gasteiger partial charge < -0.3 is 4.74 Å². The second-order valence-corrected chi connectivity index (χ2v) is 3.01. The molecule has 1 unspecified atom stereocenters. The van der Waals surface area contributed by atoms with E-state index in [1.165, 1.54) is 0 Å². The largest absolute Gasteiger partial charge is 0.416 e. The van der Waals surface area contributed by atoms with Crippen LogP contribution in [0.2, 0.25) is 0 Å². The summed E-state index contributed by atoms with van der Waals surface area (Å²) in [6.07, 6.45) is -6.82. The Morgan fingerprint density at radius 1 is 1.27 bits per heavy atom. The second kappa shape index (κ2) is 5.41. The van der Waals surface area contributed by atoms with Gasteiger partial charge in [0.15, 0.2) is 6.30 Å². The van der Waals surface area contributed by atoms with Crippen LogP contribution in [0.15, 0.2) is 12.2 Å². The first-order chi connectivity index (χ1) is 6.43. The number of rotatable bonds is 2. The van der Waals surface area contributed by atoms with Crippen LogP contribution in [0.1, 0.15) is 0 Å². The highest BCUT2D eigenvalue weighted by atomic mass is 19.4. The molecule has 1 saturated heterocycles. The standard InChI is InChI=1S/C8H11F4NO.FH/c1-6(8(10,11)12)7(9)13-2-4-14-5-3-13;/h7H,1-5H2;1H. The topological polar surface area (TPSA) is 12.5 Å². The molecule has 1 fully saturated rings. The molecule has 0 N–H and O–H groups in total. The number of morpholine rings is 1. The van der Waals surface area contributed by atoms with Crippen molar-refractivity contribution in [1.29, 1.82) is 0 Å². The third-order valence-electron chi connectivity index (χ3n) is 2.02. The van der Waals surface area contributed by atoms with E-state index in [9.17, 15) is 17.6 Å². The molecule has 0 saturated carbocycles. The first kappa shape index (κ1) is 14.3. The molecule has 0 spiro atoms. The summed E-state index contributed by atoms with van der Waals surface area (Å²) in [6, 6.07) is 0. The fourth-order valence-corrected chi connectivity index (χ4v) is 1.16. The van der Waals surface area contributed by atoms with E-state index in [1.807, 2.05) is 0 Å². The first-order valence-corrected chi connectivity index (χ1v) is 4.15. The van der Waals surface area contributed by atoms with Crippen molar-refractivity contribution >= 4 is 0 Å². The number of nitrogens with zero attached hydrogens (tertiary/aromatic N) is 1. The quantitative estimate of drug-likeness (QED) is 0.410. The van der Waals surface area contributed by atoms with E-state index < -0.39 is 18.0 Å². The monoisotopic (exact) mass is 233 g/mol. The Labute approximate surface area is 83.9 Å². The highest BCUT2D eigenvalue weighted by Crippen LogP contribution is 2.29. The lowest BCUT2D eigenvalue weighted by atomic mass is 10.2. The molecule has 1 atom stereocenters. The molecule has 15 heavy (non-hydrogen) atoms. The van der Waals surface area contributed by atoms with Gasteiger partial charge in [0.05, 0.1) is 18.8 Å². The number of hydrogen-bond acceptors (Lipinski definition) is 2. The minimum atomic E-state index is -4.67. The van der Waals surface area contributed by atoms with Gasteiger partial charge in [0, 0.05) is 13.1 Å². The molecular formula is C8H12F5NO. The Kier molecular flexibility index (Phi) is 5.16. The van der Waals surface area contributed by atoms with Crippen LogP contribution in [0, 0.1) is 0 Å². The van der Waals surface area contributed by atoms with E-state index in [2.05, 4.69) is 6.58 Å². The van der Waals surface area contributed by atoms with Crippen LogP contribution in [0.5, 0.6) is 0 Å². The smallest absolute Gasteiger partial charge is 0.379 e. The van der Waals surface area contributed by atoms with Gasteiger partial charge in [-0.15, -0.1) is 0 Å². The second-order valence-electron chi connectivity index (χ2n) is 3.01. The third kappa shape index (κ3) is 3.75. The molecule has 1 rings (SSSR count). The predicted octanol–water partition coefficient (Wildman–Crippen LogP) is 1.89. The summed E-state index contributed by atoms with van der Waals surface area (Å²) in [7, 11) is 0. The Morgan fingerprint density at radius 3 is 2.13 bits per heavy atom. The van der Waals surface area contributed by atoms with E-state index >= 15 is 0 Å². The van der Waals surface area contributed by atoms with E-state index in [4.69, 9.17) is 4.74 Å². The summed E-state index contributed by atoms with van der Waals surface area (Å²) in [4.78, 5) is 1.07. The lowest BCUT2D eigenvalue weighted by molar-refractivity contribution is -0.116. The van der Waals surface area contributed by atoms with Crippen LogP contribution in [-0.2, 0) is 4.74 Å². The van der Waals surface area contributed by atoms with Crippen molar-refractivity contribution in [3.05, 3.63) is 12.2 Å². The molecule has 7 heteroatoms. The SMILES string of the molecule is C=C(C(F)N1CCOCC1)C(F)(F)F.F. The maximum atomic E-state index is 13.2. The molecule has 0 bridgehead atoms. The van der Waals surface area contributed by atoms with Gasteiger partial charge in [-0.25, -0.2) is 4.39 Å². The molecule has 1 aliphatic rings. The highest BCUT2D eigenvalue weighted by Gasteiger charge is 2.40. The fourth-order valence-electron chi connectivity index (χ4n) is 1.16. The van der Waals surface area contributed by atoms with Crippen molar-refractivity contribution in [3.8, 4) is 0 Å². The van der Waals surface area contributed by atoms with Gasteiger partial charge in [0.25, 0.3) is 0 Å². The summed E-state index contributed by atoms with van der Waals surface area (Å²) >= 11 is 0. The van der Waals surface area contributed by atoms with Gasteiger partial charge in [0.2, 0.25) is 0 Å². The number of alkyl halides is 4. The number of halogens is 5. The molecule has 90 valence electrons. The zero-order valence-electron chi connectivity index (χ0n) is 7.89. The molecule has 1 aliphatic heterocycles. The Balaban J connectivity index is 0.00000196. The maximum Gasteiger partial charge on any atom is 0.416 e. The summed E-state index contributed by atoms with van der Waals surface area (Å²) in [5.41, 5.74) is -1.35. The molecule has 1 heterocycles. The molecule has 2 nitrogen and oxygen atoms in total. The third-order valence-corrected chi connectivity index (χ3v) is 2.02. The molecule has 0 amide bonds. The van der Waals surface area contributed by atoms with Gasteiger partial charge in [-0.05, 0) is 0 Å². The van der Waals surface area contributed by atoms with Crippen LogP contribution in [-0.4, -0.2) is 43.7 Å². The van der Waals surface area contributed by atoms with Crippen molar-refractivity contribution in [3.63, 3.8) is 0 Å². The minimum Gasteiger partial charge on any atom is -0.379 e. The molecule has 0 aliphatic carbocycles. The average molecular weight is 233 g/mol. The van der Waals surface area contributed by atoms with Crippen molar-refractivity contribution < 1.29 is 27.0 Å². The Morgan fingerprint density at radius 2 is 1.73 bits per heavy atom. The number of hydrogen-bond donors (Lipinski definition) is 0. The normalized spacial score (nSPS) is 20.5. The molecule has 0 aromatic rings. The summed E-state index contributed by atoms with van der Waals surface area (Å²) in [6.45, 7) is 3.56. The minimum absolute atomic E-state index is 0. The first-order valence-electron chi connectivity index (χ1n) is 4.15. The van der Waals surface area contributed by atoms with Crippen LogP contribution in [0.25, 0.3) is 0 Å². The van der Waals surface area contributed by atoms with Gasteiger partial charge in [0.1, 0.15) is 0 Å². The summed E-state index contributed by atoms with van der Waals surface area (Å²) < 4.78 is 54.3. The van der Waals surface area contributed by atoms with Gasteiger partial charge >= 0.3 is 6.18 Å². The lowest BCUT2D eigenvalue weighted by Crippen LogP contribution is -2.44. The highest BCUT2D eigenvalue weighted by molar-refractivity contribution is 5.08. The molecule has 0 aromatic carbocycles. The van der Waals surface area contributed by atoms with Crippen molar-refractivity contribution in [1.82, 2.24) is 4.90 Å². The average Bonchev–Trinajstić information content (AvgIpc) is 2.15. The molecule has 0 aromatic heterocycles. The zero-order valence-corrected chi connectivity index (χ0v) is 7.89. The van der Waals surface area contributed by atoms with E-state index in [0.717, 1.165) is 4.90 Å². The van der Waals surface area contributed by atoms with E-state index in [-0.39, 0.29) is 31.0 Å². The van der Waals surface area contributed by atoms with Crippen molar-refractivity contribution in [2.45, 2.75) is 12.5 Å². The van der Waals surface area contributed by atoms with Gasteiger partial charge in [-0.2, -0.15) is 13.2 Å². The van der Waals surface area contributed by atoms with E-state index in [1.54, 1.807) is 0 Å². The van der Waals surface area contributed by atoms with Crippen molar-refractivity contribution in [2.75, 3.05) is 26.3 Å². The maximum absolute atomic E-state index is 13.2. The van der Waals surface area contributed by atoms with Gasteiger partial charge in [-0.1, -0.05) is 6.58 Å². The Bertz CT molecular complexity index is 212. The predicted molar refractivity (Wildman–Crippen MR) is 45.0 cm³/mol. The van der Waals surface area contributed by atoms with E-state index in [0.29, 0.717) is 0 Å². The van der Waals surface area contributed by atoms with Crippen LogP contribution >= 0.6 is 0 Å². The van der Waals surface area contributed by atoms with Gasteiger partial charge in [-0.3, -0.25) is 9.60 Å². The zero-order chi connectivity index (χ0) is 10.8. The van der Waals surface area contributed by atoms with Crippen LogP contribution in [0.3, 0.4) is 0 Å². The summed E-state index contributed by atoms with van der Waals surface area (Å²) in [5, 5.41) is 0. The molecular weight excluding hydrogens is 221 g/mol. The fraction of sp³-hybridized carbons (Fsp3) is 0.750. The lowest BCUT2D eigenvalue weighted by Gasteiger charge is -2.30. The van der Waals surface area contributed by atoms with Crippen molar-refractivity contribution in [2.24, 2.45) is 0 Å². The number of ether oxygens (including phenoxy) is 1. The summed E-state index contributed by atoms with van der Waals surface area (Å²) in [5.74, 6) is 0.